The highest BCUT2D eigenvalue weighted by molar-refractivity contribution is 7.00. The van der Waals surface area contributed by atoms with Gasteiger partial charge >= 0.3 is 5.97 Å². The zero-order valence-corrected chi connectivity index (χ0v) is 47.5. The van der Waals surface area contributed by atoms with Gasteiger partial charge in [0.1, 0.15) is 30.5 Å². The summed E-state index contributed by atoms with van der Waals surface area (Å²) >= 11 is 0. The van der Waals surface area contributed by atoms with Crippen LogP contribution in [0.5, 0.6) is 0 Å². The molecule has 3 saturated heterocycles. The van der Waals surface area contributed by atoms with Crippen LogP contribution in [-0.4, -0.2) is 92.5 Å². The molecule has 11 heteroatoms. The van der Waals surface area contributed by atoms with Crippen molar-refractivity contribution in [3.8, 4) is 0 Å². The van der Waals surface area contributed by atoms with Crippen molar-refractivity contribution in [2.24, 2.45) is 5.41 Å². The molecule has 380 valence electrons. The number of fused-ring (bicyclic) bond motifs is 2. The first-order valence-corrected chi connectivity index (χ1v) is 32.6. The molecule has 9 atom stereocenters. The van der Waals surface area contributed by atoms with Gasteiger partial charge in [0, 0.05) is 12.8 Å². The standard InChI is InChI=1S/C59H84O8Si3/c1-14-43(65-68(15-2,16-3)17-4)42-50-52(66-69(58(8,9)10,45-30-22-18-23-31-45)46-32-24-19-25-33-46)53-54(64-50)55(51-49(63-53)39-38-44(62-51)40-41-61-56(60)57(5,6)7)67-70(59(11,12)13,47-34-26-20-27-35-47)48-36-28-21-29-37-48/h14,18-37,43-44,49-55H,1,15-17,38-42H2,2-13H3/t43?,44?,49-,50+,51-,52-,53-,54+,55-/m0/s1. The van der Waals surface area contributed by atoms with Gasteiger partial charge in [-0.2, -0.15) is 0 Å². The Kier molecular flexibility index (Phi) is 17.3. The van der Waals surface area contributed by atoms with E-state index < -0.39 is 67.0 Å². The second kappa shape index (κ2) is 22.3. The van der Waals surface area contributed by atoms with Crippen molar-refractivity contribution in [3.63, 3.8) is 0 Å². The SMILES string of the molecule is C=CC(C[C@H]1O[C@H]2[C@@H](O[Si](c3ccccc3)(c3ccccc3)C(C)(C)C)[C@H]3OC(CCOC(=O)C(C)(C)C)CC[C@@H]3O[C@H]2[C@H]1O[Si](c1ccccc1)(c1ccccc1)C(C)(C)C)O[Si](CC)(CC)CC. The number of carbonyl (C=O) groups excluding carboxylic acids is 1. The van der Waals surface area contributed by atoms with E-state index in [-0.39, 0.29) is 41.0 Å². The van der Waals surface area contributed by atoms with Crippen LogP contribution in [0.4, 0.5) is 0 Å². The third-order valence-corrected chi connectivity index (χ3v) is 30.4. The summed E-state index contributed by atoms with van der Waals surface area (Å²) in [7, 11) is -8.48. The second-order valence-electron chi connectivity index (χ2n) is 23.1. The fourth-order valence-electron chi connectivity index (χ4n) is 11.6. The molecule has 0 aliphatic carbocycles. The summed E-state index contributed by atoms with van der Waals surface area (Å²) in [5.74, 6) is -0.214. The number of benzene rings is 4. The van der Waals surface area contributed by atoms with Crippen LogP contribution in [0.3, 0.4) is 0 Å². The Hall–Kier alpha value is -3.50. The lowest BCUT2D eigenvalue weighted by atomic mass is 9.88. The maximum Gasteiger partial charge on any atom is 0.311 e. The Labute approximate surface area is 424 Å². The summed E-state index contributed by atoms with van der Waals surface area (Å²) in [6.07, 6.45) is 0.872. The van der Waals surface area contributed by atoms with Gasteiger partial charge in [-0.15, -0.1) is 6.58 Å². The van der Waals surface area contributed by atoms with Gasteiger partial charge in [-0.3, -0.25) is 4.79 Å². The van der Waals surface area contributed by atoms with Gasteiger partial charge in [0.25, 0.3) is 16.6 Å². The van der Waals surface area contributed by atoms with Crippen molar-refractivity contribution in [2.75, 3.05) is 6.61 Å². The van der Waals surface area contributed by atoms with Gasteiger partial charge < -0.3 is 32.2 Å². The zero-order chi connectivity index (χ0) is 50.5. The summed E-state index contributed by atoms with van der Waals surface area (Å²) in [5.41, 5.74) is -0.591. The highest BCUT2D eigenvalue weighted by atomic mass is 28.4. The number of hydrogen-bond donors (Lipinski definition) is 0. The van der Waals surface area contributed by atoms with Gasteiger partial charge in [0.05, 0.1) is 36.4 Å². The third kappa shape index (κ3) is 11.0. The van der Waals surface area contributed by atoms with E-state index in [0.29, 0.717) is 12.8 Å². The molecule has 4 aromatic carbocycles. The van der Waals surface area contributed by atoms with Crippen molar-refractivity contribution in [1.29, 1.82) is 0 Å². The first kappa shape index (κ1) is 54.3. The molecular formula is C59H84O8Si3. The van der Waals surface area contributed by atoms with Crippen molar-refractivity contribution in [1.82, 2.24) is 0 Å². The molecule has 3 aliphatic rings. The molecule has 0 N–H and O–H groups in total. The Morgan fingerprint density at radius 3 is 1.44 bits per heavy atom. The lowest BCUT2D eigenvalue weighted by molar-refractivity contribution is -0.256. The van der Waals surface area contributed by atoms with Crippen LogP contribution < -0.4 is 20.7 Å². The van der Waals surface area contributed by atoms with E-state index in [9.17, 15) is 4.79 Å². The minimum Gasteiger partial charge on any atom is -0.465 e. The van der Waals surface area contributed by atoms with E-state index in [1.54, 1.807) is 0 Å². The van der Waals surface area contributed by atoms with E-state index >= 15 is 0 Å². The Morgan fingerprint density at radius 1 is 0.614 bits per heavy atom. The molecule has 7 rings (SSSR count). The van der Waals surface area contributed by atoms with Crippen molar-refractivity contribution >= 4 is 51.7 Å². The average molecular weight is 1010 g/mol. The minimum absolute atomic E-state index is 0.172. The highest BCUT2D eigenvalue weighted by Crippen LogP contribution is 2.48. The zero-order valence-electron chi connectivity index (χ0n) is 44.5. The second-order valence-corrected chi connectivity index (χ2v) is 36.3. The summed E-state index contributed by atoms with van der Waals surface area (Å²) in [6.45, 7) is 31.1. The van der Waals surface area contributed by atoms with Crippen LogP contribution in [0.25, 0.3) is 0 Å². The van der Waals surface area contributed by atoms with Crippen LogP contribution in [0.2, 0.25) is 28.2 Å². The maximum absolute atomic E-state index is 12.9. The lowest BCUT2D eigenvalue weighted by Gasteiger charge is -2.53. The maximum atomic E-state index is 12.9. The van der Waals surface area contributed by atoms with Crippen molar-refractivity contribution in [3.05, 3.63) is 134 Å². The van der Waals surface area contributed by atoms with Crippen LogP contribution in [0.15, 0.2) is 134 Å². The van der Waals surface area contributed by atoms with Crippen LogP contribution in [0, 0.1) is 5.41 Å². The summed E-state index contributed by atoms with van der Waals surface area (Å²) < 4.78 is 52.3. The summed E-state index contributed by atoms with van der Waals surface area (Å²) in [4.78, 5) is 12.9. The first-order chi connectivity index (χ1) is 33.3. The van der Waals surface area contributed by atoms with Crippen LogP contribution >= 0.6 is 0 Å². The van der Waals surface area contributed by atoms with Crippen molar-refractivity contribution < 1.29 is 37.0 Å². The molecule has 8 nitrogen and oxygen atoms in total. The molecule has 4 aromatic rings. The topological polar surface area (TPSA) is 81.7 Å². The molecule has 3 aliphatic heterocycles. The highest BCUT2D eigenvalue weighted by Gasteiger charge is 2.64. The fourth-order valence-corrected chi connectivity index (χ4v) is 23.8. The molecule has 0 saturated carbocycles. The first-order valence-electron chi connectivity index (χ1n) is 26.3. The number of hydrogen-bond acceptors (Lipinski definition) is 8. The van der Waals surface area contributed by atoms with Crippen molar-refractivity contribution in [2.45, 2.75) is 192 Å². The molecule has 0 amide bonds. The summed E-state index contributed by atoms with van der Waals surface area (Å²) in [5, 5.41) is 4.14. The minimum atomic E-state index is -3.22. The molecule has 3 fully saturated rings. The molecule has 0 radical (unpaired) electrons. The monoisotopic (exact) mass is 1000 g/mol. The predicted octanol–water partition coefficient (Wildman–Crippen LogP) is 10.9. The molecule has 0 bridgehead atoms. The van der Waals surface area contributed by atoms with E-state index in [0.717, 1.165) is 31.0 Å². The van der Waals surface area contributed by atoms with Gasteiger partial charge in [0.2, 0.25) is 0 Å². The molecule has 0 aromatic heterocycles. The largest absolute Gasteiger partial charge is 0.465 e. The Balaban J connectivity index is 1.41. The Morgan fingerprint density at radius 2 is 1.04 bits per heavy atom. The molecular weight excluding hydrogens is 921 g/mol. The van der Waals surface area contributed by atoms with Gasteiger partial charge in [-0.1, -0.05) is 190 Å². The fraction of sp³-hybridized carbons (Fsp3) is 0.542. The lowest BCUT2D eigenvalue weighted by Crippen LogP contribution is -2.73. The molecule has 2 unspecified atom stereocenters. The average Bonchev–Trinajstić information content (AvgIpc) is 3.68. The van der Waals surface area contributed by atoms with Gasteiger partial charge in [-0.05, 0) is 82.6 Å². The van der Waals surface area contributed by atoms with Crippen LogP contribution in [0.1, 0.15) is 109 Å². The van der Waals surface area contributed by atoms with E-state index in [2.05, 4.69) is 190 Å². The molecule has 70 heavy (non-hydrogen) atoms. The number of carbonyl (C=O) groups is 1. The number of rotatable bonds is 19. The molecule has 3 heterocycles. The Bertz CT molecular complexity index is 2190. The van der Waals surface area contributed by atoms with E-state index in [4.69, 9.17) is 32.2 Å². The van der Waals surface area contributed by atoms with E-state index in [1.165, 1.54) is 20.7 Å². The summed E-state index contributed by atoms with van der Waals surface area (Å²) in [6, 6.07) is 46.5. The number of ether oxygens (including phenoxy) is 4. The van der Waals surface area contributed by atoms with E-state index in [1.807, 2.05) is 26.8 Å². The van der Waals surface area contributed by atoms with Crippen LogP contribution in [-0.2, 0) is 37.0 Å². The van der Waals surface area contributed by atoms with Gasteiger partial charge in [0.15, 0.2) is 8.32 Å². The smallest absolute Gasteiger partial charge is 0.311 e. The number of esters is 1. The quantitative estimate of drug-likeness (QED) is 0.0522. The normalized spacial score (nSPS) is 24.9. The predicted molar refractivity (Wildman–Crippen MR) is 292 cm³/mol. The third-order valence-electron chi connectivity index (χ3n) is 15.6. The van der Waals surface area contributed by atoms with Gasteiger partial charge in [-0.25, -0.2) is 0 Å². The molecule has 0 spiro atoms.